The Morgan fingerprint density at radius 3 is 2.48 bits per heavy atom. The molecule has 0 radical (unpaired) electrons. The summed E-state index contributed by atoms with van der Waals surface area (Å²) >= 11 is 0. The van der Waals surface area contributed by atoms with Gasteiger partial charge in [-0.25, -0.2) is 4.39 Å². The molecule has 0 aromatic heterocycles. The zero-order valence-corrected chi connectivity index (χ0v) is 22.9. The van der Waals surface area contributed by atoms with Gasteiger partial charge in [-0.15, -0.1) is 0 Å². The summed E-state index contributed by atoms with van der Waals surface area (Å²) in [7, 11) is 0. The average molecular weight is 546 g/mol. The highest BCUT2D eigenvalue weighted by molar-refractivity contribution is 6.02. The lowest BCUT2D eigenvalue weighted by molar-refractivity contribution is -0.142. The summed E-state index contributed by atoms with van der Waals surface area (Å²) in [5.74, 6) is -2.78. The van der Waals surface area contributed by atoms with Crippen molar-refractivity contribution in [1.82, 2.24) is 10.2 Å². The standard InChI is InChI=1S/C32H36FN3O4/c1-19(2)20-12-14-23(15-13-20)34-29(37)26-25-16-17-32(40-25)27(26)31(39)36(18-21-8-6-7-11-24(21)33)28(32)30(38)35-22-9-4-3-5-10-22/h6-8,11-17,19,22,25-28H,3-5,9-10,18H2,1-2H3,(H,34,37)(H,35,38)/t25-,26?,27-,28?,32?/m1/s1. The maximum Gasteiger partial charge on any atom is 0.246 e. The number of likely N-dealkylation sites (tertiary alicyclic amines) is 1. The fourth-order valence-electron chi connectivity index (χ4n) is 6.95. The van der Waals surface area contributed by atoms with Crippen molar-refractivity contribution in [2.45, 2.75) is 82.2 Å². The molecule has 210 valence electrons. The minimum absolute atomic E-state index is 0.0256. The summed E-state index contributed by atoms with van der Waals surface area (Å²) in [6.07, 6.45) is 7.96. The van der Waals surface area contributed by atoms with Crippen LogP contribution in [0.3, 0.4) is 0 Å². The van der Waals surface area contributed by atoms with Crippen LogP contribution in [0, 0.1) is 17.7 Å². The van der Waals surface area contributed by atoms with E-state index in [2.05, 4.69) is 24.5 Å². The predicted octanol–water partition coefficient (Wildman–Crippen LogP) is 4.69. The maximum atomic E-state index is 14.7. The molecular weight excluding hydrogens is 509 g/mol. The molecule has 3 fully saturated rings. The first-order valence-electron chi connectivity index (χ1n) is 14.4. The van der Waals surface area contributed by atoms with Crippen molar-refractivity contribution >= 4 is 23.4 Å². The molecule has 2 aromatic rings. The molecule has 3 unspecified atom stereocenters. The van der Waals surface area contributed by atoms with Crippen molar-refractivity contribution in [3.63, 3.8) is 0 Å². The Morgan fingerprint density at radius 1 is 1.05 bits per heavy atom. The highest BCUT2D eigenvalue weighted by atomic mass is 19.1. The lowest BCUT2D eigenvalue weighted by Gasteiger charge is -2.34. The molecule has 5 atom stereocenters. The van der Waals surface area contributed by atoms with Crippen LogP contribution in [0.15, 0.2) is 60.7 Å². The van der Waals surface area contributed by atoms with Crippen molar-refractivity contribution in [3.8, 4) is 0 Å². The van der Waals surface area contributed by atoms with Crippen LogP contribution in [0.25, 0.3) is 0 Å². The van der Waals surface area contributed by atoms with Crippen molar-refractivity contribution in [2.24, 2.45) is 11.8 Å². The minimum Gasteiger partial charge on any atom is -0.359 e. The molecule has 2 aromatic carbocycles. The van der Waals surface area contributed by atoms with E-state index in [1.807, 2.05) is 24.3 Å². The van der Waals surface area contributed by atoms with Gasteiger partial charge in [0.2, 0.25) is 17.7 Å². The molecule has 40 heavy (non-hydrogen) atoms. The molecule has 1 saturated carbocycles. The van der Waals surface area contributed by atoms with Gasteiger partial charge in [-0.3, -0.25) is 14.4 Å². The van der Waals surface area contributed by atoms with Crippen molar-refractivity contribution < 1.29 is 23.5 Å². The van der Waals surface area contributed by atoms with Gasteiger partial charge in [0.05, 0.1) is 17.9 Å². The molecule has 6 rings (SSSR count). The number of nitrogens with zero attached hydrogens (tertiary/aromatic N) is 1. The van der Waals surface area contributed by atoms with E-state index >= 15 is 0 Å². The number of halogens is 1. The maximum absolute atomic E-state index is 14.7. The van der Waals surface area contributed by atoms with Crippen LogP contribution in [0.2, 0.25) is 0 Å². The predicted molar refractivity (Wildman–Crippen MR) is 149 cm³/mol. The number of hydrogen-bond acceptors (Lipinski definition) is 4. The quantitative estimate of drug-likeness (QED) is 0.495. The smallest absolute Gasteiger partial charge is 0.246 e. The van der Waals surface area contributed by atoms with Gasteiger partial charge >= 0.3 is 0 Å². The zero-order valence-electron chi connectivity index (χ0n) is 22.9. The van der Waals surface area contributed by atoms with Gasteiger partial charge in [-0.1, -0.05) is 75.6 Å². The Morgan fingerprint density at radius 2 is 1.77 bits per heavy atom. The highest BCUT2D eigenvalue weighted by Crippen LogP contribution is 2.55. The van der Waals surface area contributed by atoms with Crippen LogP contribution in [0.5, 0.6) is 0 Å². The second-order valence-electron chi connectivity index (χ2n) is 11.9. The number of carbonyl (C=O) groups is 3. The Labute approximate surface area is 234 Å². The first kappa shape index (κ1) is 26.7. The van der Waals surface area contributed by atoms with Gasteiger partial charge < -0.3 is 20.3 Å². The molecule has 2 bridgehead atoms. The fraction of sp³-hybridized carbons (Fsp3) is 0.469. The van der Waals surface area contributed by atoms with E-state index in [0.717, 1.165) is 37.7 Å². The number of ether oxygens (including phenoxy) is 1. The normalized spacial score (nSPS) is 29.2. The van der Waals surface area contributed by atoms with Crippen LogP contribution in [-0.2, 0) is 25.7 Å². The average Bonchev–Trinajstić information content (AvgIpc) is 3.58. The van der Waals surface area contributed by atoms with Gasteiger partial charge in [0.25, 0.3) is 0 Å². The van der Waals surface area contributed by atoms with E-state index in [0.29, 0.717) is 17.2 Å². The molecule has 2 saturated heterocycles. The second kappa shape index (κ2) is 10.5. The lowest BCUT2D eigenvalue weighted by atomic mass is 9.74. The summed E-state index contributed by atoms with van der Waals surface area (Å²) in [6, 6.07) is 12.9. The molecule has 3 amide bonds. The Bertz CT molecular complexity index is 1340. The Kier molecular flexibility index (Phi) is 6.98. The van der Waals surface area contributed by atoms with Crippen LogP contribution >= 0.6 is 0 Å². The molecule has 1 aliphatic carbocycles. The summed E-state index contributed by atoms with van der Waals surface area (Å²) in [4.78, 5) is 43.1. The number of hydrogen-bond donors (Lipinski definition) is 2. The van der Waals surface area contributed by atoms with E-state index in [1.165, 1.54) is 11.0 Å². The SMILES string of the molecule is CC(C)c1ccc(NC(=O)C2[C@H]3C=CC4(O3)C(C(=O)NC3CCCCC3)N(Cc3ccccc3F)C(=O)[C@@H]24)cc1. The molecule has 8 heteroatoms. The van der Waals surface area contributed by atoms with Crippen LogP contribution < -0.4 is 10.6 Å². The molecule has 3 heterocycles. The number of anilines is 1. The third-order valence-corrected chi connectivity index (χ3v) is 9.02. The van der Waals surface area contributed by atoms with Gasteiger partial charge in [0.1, 0.15) is 17.5 Å². The topological polar surface area (TPSA) is 87.7 Å². The molecule has 1 spiro atoms. The van der Waals surface area contributed by atoms with Gasteiger partial charge in [0.15, 0.2) is 0 Å². The Balaban J connectivity index is 1.31. The highest BCUT2D eigenvalue weighted by Gasteiger charge is 2.72. The van der Waals surface area contributed by atoms with Crippen LogP contribution in [0.1, 0.15) is 63.0 Å². The van der Waals surface area contributed by atoms with E-state index in [4.69, 9.17) is 4.74 Å². The number of amides is 3. The van der Waals surface area contributed by atoms with Crippen molar-refractivity contribution in [3.05, 3.63) is 77.6 Å². The van der Waals surface area contributed by atoms with Gasteiger partial charge in [-0.2, -0.15) is 0 Å². The summed E-state index contributed by atoms with van der Waals surface area (Å²) < 4.78 is 21.1. The molecule has 7 nitrogen and oxygen atoms in total. The number of carbonyl (C=O) groups excluding carboxylic acids is 3. The van der Waals surface area contributed by atoms with Crippen LogP contribution in [0.4, 0.5) is 10.1 Å². The number of nitrogens with one attached hydrogen (secondary N) is 2. The first-order valence-corrected chi connectivity index (χ1v) is 14.4. The molecular formula is C32H36FN3O4. The second-order valence-corrected chi connectivity index (χ2v) is 11.9. The third kappa shape index (κ3) is 4.52. The van der Waals surface area contributed by atoms with E-state index in [9.17, 15) is 18.8 Å². The summed E-state index contributed by atoms with van der Waals surface area (Å²) in [5, 5.41) is 6.12. The van der Waals surface area contributed by atoms with Gasteiger partial charge in [-0.05, 0) is 42.5 Å². The fourth-order valence-corrected chi connectivity index (χ4v) is 6.95. The van der Waals surface area contributed by atoms with Crippen LogP contribution in [-0.4, -0.2) is 46.4 Å². The largest absolute Gasteiger partial charge is 0.359 e. The third-order valence-electron chi connectivity index (χ3n) is 9.02. The lowest BCUT2D eigenvalue weighted by Crippen LogP contribution is -2.56. The van der Waals surface area contributed by atoms with Gasteiger partial charge in [0, 0.05) is 23.8 Å². The van der Waals surface area contributed by atoms with Crippen molar-refractivity contribution in [1.29, 1.82) is 0 Å². The molecule has 2 N–H and O–H groups in total. The van der Waals surface area contributed by atoms with Crippen molar-refractivity contribution in [2.75, 3.05) is 5.32 Å². The number of rotatable bonds is 7. The Hall–Kier alpha value is -3.52. The molecule has 4 aliphatic rings. The first-order chi connectivity index (χ1) is 19.3. The molecule has 3 aliphatic heterocycles. The monoisotopic (exact) mass is 545 g/mol. The summed E-state index contributed by atoms with van der Waals surface area (Å²) in [5.41, 5.74) is 0.822. The minimum atomic E-state index is -1.28. The van der Waals surface area contributed by atoms with E-state index < -0.39 is 35.4 Å². The number of fused-ring (bicyclic) bond motifs is 1. The zero-order chi connectivity index (χ0) is 28.0. The van der Waals surface area contributed by atoms with E-state index in [1.54, 1.807) is 30.4 Å². The number of benzene rings is 2. The van der Waals surface area contributed by atoms with E-state index in [-0.39, 0.29) is 30.3 Å². The summed E-state index contributed by atoms with van der Waals surface area (Å²) in [6.45, 7) is 4.12.